The Morgan fingerprint density at radius 1 is 1.06 bits per heavy atom. The molecule has 0 atom stereocenters. The molecule has 13 heteroatoms. The number of alkyl halides is 6. The number of rotatable bonds is 0. The van der Waals surface area contributed by atoms with E-state index in [0.717, 1.165) is 0 Å². The average molecular weight is 326 g/mol. The van der Waals surface area contributed by atoms with Crippen molar-refractivity contribution in [1.82, 2.24) is 0 Å². The molecule has 0 saturated carbocycles. The van der Waals surface area contributed by atoms with Crippen LogP contribution in [0.4, 0.5) is 26.3 Å². The SMILES string of the molecule is CSC.O=C(O)C(F)(F)F.O=S(=O)(O)C(F)(F)F. The molecule has 0 amide bonds. The summed E-state index contributed by atoms with van der Waals surface area (Å²) in [6.07, 6.45) is -1.00. The van der Waals surface area contributed by atoms with Gasteiger partial charge >= 0.3 is 27.8 Å². The lowest BCUT2D eigenvalue weighted by molar-refractivity contribution is -0.192. The molecule has 0 aliphatic heterocycles. The van der Waals surface area contributed by atoms with Gasteiger partial charge in [0, 0.05) is 0 Å². The van der Waals surface area contributed by atoms with Crippen molar-refractivity contribution in [2.24, 2.45) is 0 Å². The van der Waals surface area contributed by atoms with Crippen molar-refractivity contribution in [3.63, 3.8) is 0 Å². The molecule has 0 spiro atoms. The normalized spacial score (nSPS) is 11.6. The summed E-state index contributed by atoms with van der Waals surface area (Å²) in [7, 11) is -5.84. The van der Waals surface area contributed by atoms with Crippen LogP contribution in [0.5, 0.6) is 0 Å². The van der Waals surface area contributed by atoms with Gasteiger partial charge in [-0.05, 0) is 12.5 Å². The van der Waals surface area contributed by atoms with Crippen molar-refractivity contribution in [2.45, 2.75) is 11.7 Å². The van der Waals surface area contributed by atoms with Crippen LogP contribution in [0.2, 0.25) is 0 Å². The van der Waals surface area contributed by atoms with Gasteiger partial charge in [-0.2, -0.15) is 46.5 Å². The van der Waals surface area contributed by atoms with E-state index in [4.69, 9.17) is 22.9 Å². The minimum Gasteiger partial charge on any atom is -0.475 e. The number of hydrogen-bond acceptors (Lipinski definition) is 4. The summed E-state index contributed by atoms with van der Waals surface area (Å²) < 4.78 is 89.3. The van der Waals surface area contributed by atoms with E-state index in [1.165, 1.54) is 0 Å². The van der Waals surface area contributed by atoms with E-state index in [1.807, 2.05) is 12.5 Å². The molecular formula is C5H8F6O5S2. The Morgan fingerprint density at radius 3 is 1.17 bits per heavy atom. The Balaban J connectivity index is -0.000000207. The van der Waals surface area contributed by atoms with Crippen LogP contribution in [0.15, 0.2) is 0 Å². The molecule has 112 valence electrons. The summed E-state index contributed by atoms with van der Waals surface area (Å²) in [6.45, 7) is 0. The third-order valence-corrected chi connectivity index (χ3v) is 1.12. The van der Waals surface area contributed by atoms with Crippen molar-refractivity contribution < 1.29 is 49.2 Å². The van der Waals surface area contributed by atoms with Gasteiger partial charge < -0.3 is 5.11 Å². The summed E-state index contributed by atoms with van der Waals surface area (Å²) in [5.74, 6) is -2.76. The second-order valence-corrected chi connectivity index (χ2v) is 4.36. The smallest absolute Gasteiger partial charge is 0.475 e. The largest absolute Gasteiger partial charge is 0.522 e. The van der Waals surface area contributed by atoms with E-state index in [1.54, 1.807) is 11.8 Å². The summed E-state index contributed by atoms with van der Waals surface area (Å²) in [5, 5.41) is 7.12. The van der Waals surface area contributed by atoms with Crippen molar-refractivity contribution in [3.8, 4) is 0 Å². The third-order valence-electron chi connectivity index (χ3n) is 0.535. The second-order valence-electron chi connectivity index (χ2n) is 2.13. The monoisotopic (exact) mass is 326 g/mol. The molecule has 0 radical (unpaired) electrons. The first-order chi connectivity index (χ1) is 7.61. The molecule has 0 bridgehead atoms. The quantitative estimate of drug-likeness (QED) is 0.402. The van der Waals surface area contributed by atoms with Gasteiger partial charge in [0.25, 0.3) is 0 Å². The number of carboxylic acids is 1. The Hall–Kier alpha value is -0.690. The minimum absolute atomic E-state index is 1.75. The van der Waals surface area contributed by atoms with Gasteiger partial charge in [0.05, 0.1) is 0 Å². The highest BCUT2D eigenvalue weighted by molar-refractivity contribution is 7.97. The van der Waals surface area contributed by atoms with Crippen LogP contribution in [-0.2, 0) is 14.9 Å². The van der Waals surface area contributed by atoms with E-state index in [9.17, 15) is 26.3 Å². The molecule has 0 aliphatic carbocycles. The number of carbonyl (C=O) groups is 1. The van der Waals surface area contributed by atoms with Gasteiger partial charge in [0.15, 0.2) is 0 Å². The Labute approximate surface area is 102 Å². The van der Waals surface area contributed by atoms with Crippen LogP contribution in [0.25, 0.3) is 0 Å². The topological polar surface area (TPSA) is 91.7 Å². The maximum absolute atomic E-state index is 10.7. The van der Waals surface area contributed by atoms with Gasteiger partial charge in [-0.15, -0.1) is 0 Å². The zero-order chi connectivity index (χ0) is 15.8. The number of carboxylic acid groups (broad SMARTS) is 1. The van der Waals surface area contributed by atoms with Crippen LogP contribution in [0.1, 0.15) is 0 Å². The molecule has 0 aromatic heterocycles. The molecule has 5 nitrogen and oxygen atoms in total. The predicted octanol–water partition coefficient (Wildman–Crippen LogP) is 2.01. The van der Waals surface area contributed by atoms with E-state index < -0.39 is 27.8 Å². The number of thioether (sulfide) groups is 1. The van der Waals surface area contributed by atoms with Crippen LogP contribution in [0, 0.1) is 0 Å². The van der Waals surface area contributed by atoms with Gasteiger partial charge in [-0.1, -0.05) is 0 Å². The molecule has 0 aromatic carbocycles. The molecule has 2 N–H and O–H groups in total. The molecule has 0 saturated heterocycles. The zero-order valence-electron chi connectivity index (χ0n) is 8.70. The van der Waals surface area contributed by atoms with Crippen molar-refractivity contribution >= 4 is 27.8 Å². The van der Waals surface area contributed by atoms with Crippen LogP contribution < -0.4 is 0 Å². The fraction of sp³-hybridized carbons (Fsp3) is 0.800. The van der Waals surface area contributed by atoms with Crippen LogP contribution >= 0.6 is 11.8 Å². The predicted molar refractivity (Wildman–Crippen MR) is 50.7 cm³/mol. The fourth-order valence-corrected chi connectivity index (χ4v) is 0. The molecule has 0 fully saturated rings. The molecule has 0 heterocycles. The molecule has 0 unspecified atom stereocenters. The van der Waals surface area contributed by atoms with E-state index in [0.29, 0.717) is 0 Å². The Morgan fingerprint density at radius 2 is 1.17 bits per heavy atom. The molecule has 0 rings (SSSR count). The zero-order valence-corrected chi connectivity index (χ0v) is 10.3. The first-order valence-corrected chi connectivity index (χ1v) is 6.42. The maximum Gasteiger partial charge on any atom is 0.522 e. The van der Waals surface area contributed by atoms with Crippen LogP contribution in [0.3, 0.4) is 0 Å². The lowest BCUT2D eigenvalue weighted by Crippen LogP contribution is -2.21. The highest BCUT2D eigenvalue weighted by Gasteiger charge is 2.44. The summed E-state index contributed by atoms with van der Waals surface area (Å²) >= 11 is 1.75. The first-order valence-electron chi connectivity index (χ1n) is 3.35. The fourth-order valence-electron chi connectivity index (χ4n) is 0. The number of aliphatic carboxylic acids is 1. The first kappa shape index (κ1) is 22.5. The highest BCUT2D eigenvalue weighted by atomic mass is 32.2. The van der Waals surface area contributed by atoms with Crippen molar-refractivity contribution in [2.75, 3.05) is 12.5 Å². The second kappa shape index (κ2) is 8.42. The number of halogens is 6. The van der Waals surface area contributed by atoms with Gasteiger partial charge in [0.2, 0.25) is 0 Å². The van der Waals surface area contributed by atoms with E-state index in [-0.39, 0.29) is 0 Å². The standard InChI is InChI=1S/C2HF3O2.C2H6S.CHF3O3S/c3-2(4,5)1(6)7;1-3-2;2-1(3,4)8(5,6)7/h(H,6,7);1-2H3;(H,5,6,7). The molecular weight excluding hydrogens is 318 g/mol. The highest BCUT2D eigenvalue weighted by Crippen LogP contribution is 2.20. The molecule has 0 aliphatic rings. The number of hydrogen-bond donors (Lipinski definition) is 2. The Kier molecular flexibility index (Phi) is 10.5. The average Bonchev–Trinajstić information content (AvgIpc) is 2.00. The van der Waals surface area contributed by atoms with E-state index >= 15 is 0 Å². The van der Waals surface area contributed by atoms with Crippen molar-refractivity contribution in [3.05, 3.63) is 0 Å². The summed E-state index contributed by atoms with van der Waals surface area (Å²) in [5.41, 5.74) is -5.53. The molecule has 18 heavy (non-hydrogen) atoms. The lowest BCUT2D eigenvalue weighted by atomic mass is 10.7. The van der Waals surface area contributed by atoms with Gasteiger partial charge in [-0.25, -0.2) is 4.79 Å². The van der Waals surface area contributed by atoms with Crippen LogP contribution in [-0.4, -0.2) is 48.2 Å². The summed E-state index contributed by atoms with van der Waals surface area (Å²) in [4.78, 5) is 8.90. The van der Waals surface area contributed by atoms with Gasteiger partial charge in [0.1, 0.15) is 0 Å². The summed E-state index contributed by atoms with van der Waals surface area (Å²) in [6, 6.07) is 0. The maximum atomic E-state index is 10.7. The minimum atomic E-state index is -5.84. The Bertz CT molecular complexity index is 331. The third kappa shape index (κ3) is 15.3. The van der Waals surface area contributed by atoms with Crippen molar-refractivity contribution in [1.29, 1.82) is 0 Å². The molecule has 0 aromatic rings. The van der Waals surface area contributed by atoms with Gasteiger partial charge in [-0.3, -0.25) is 4.55 Å². The van der Waals surface area contributed by atoms with E-state index in [2.05, 4.69) is 0 Å². The lowest BCUT2D eigenvalue weighted by Gasteiger charge is -1.97.